The number of likely N-dealkylation sites (N-methyl/N-ethyl adjacent to an activating group) is 1. The van der Waals surface area contributed by atoms with Crippen LogP contribution in [0.4, 0.5) is 0 Å². The number of rotatable bonds is 5. The Morgan fingerprint density at radius 2 is 2.06 bits per heavy atom. The molecule has 94 valence electrons. The predicted octanol–water partition coefficient (Wildman–Crippen LogP) is 1.77. The molecule has 1 aliphatic rings. The Hall–Kier alpha value is -0.410. The summed E-state index contributed by atoms with van der Waals surface area (Å²) in [6.07, 6.45) is 5.85. The van der Waals surface area contributed by atoms with Gasteiger partial charge in [-0.05, 0) is 40.4 Å². The van der Waals surface area contributed by atoms with Crippen LogP contribution in [0.25, 0.3) is 0 Å². The fourth-order valence-corrected chi connectivity index (χ4v) is 2.42. The summed E-state index contributed by atoms with van der Waals surface area (Å²) in [7, 11) is 4.22. The van der Waals surface area contributed by atoms with Crippen LogP contribution < -0.4 is 0 Å². The zero-order valence-electron chi connectivity index (χ0n) is 11.0. The number of nitrogens with zero attached hydrogens (tertiary/aromatic N) is 2. The molecular formula is C13H26N2O. The third-order valence-electron chi connectivity index (χ3n) is 3.36. The number of carbonyl (C=O) groups is 1. The Kier molecular flexibility index (Phi) is 5.99. The van der Waals surface area contributed by atoms with E-state index in [1.165, 1.54) is 32.2 Å². The molecule has 0 aromatic heterocycles. The quantitative estimate of drug-likeness (QED) is 0.714. The molecule has 1 fully saturated rings. The lowest BCUT2D eigenvalue weighted by atomic mass is 10.0. The van der Waals surface area contributed by atoms with Crippen molar-refractivity contribution in [2.75, 3.05) is 33.7 Å². The van der Waals surface area contributed by atoms with E-state index in [1.807, 2.05) is 0 Å². The second-order valence-corrected chi connectivity index (χ2v) is 5.25. The van der Waals surface area contributed by atoms with Gasteiger partial charge in [-0.3, -0.25) is 9.69 Å². The third kappa shape index (κ3) is 5.08. The van der Waals surface area contributed by atoms with E-state index in [-0.39, 0.29) is 0 Å². The average molecular weight is 226 g/mol. The maximum Gasteiger partial charge on any atom is 0.131 e. The van der Waals surface area contributed by atoms with E-state index in [0.29, 0.717) is 11.8 Å². The Bertz CT molecular complexity index is 216. The summed E-state index contributed by atoms with van der Waals surface area (Å²) in [5.41, 5.74) is 0. The first kappa shape index (κ1) is 13.7. The summed E-state index contributed by atoms with van der Waals surface area (Å²) in [5, 5.41) is 0. The molecule has 0 amide bonds. The minimum atomic E-state index is 0.335. The van der Waals surface area contributed by atoms with Crippen LogP contribution in [-0.4, -0.2) is 55.4 Å². The van der Waals surface area contributed by atoms with Crippen molar-refractivity contribution in [3.8, 4) is 0 Å². The predicted molar refractivity (Wildman–Crippen MR) is 67.7 cm³/mol. The summed E-state index contributed by atoms with van der Waals surface area (Å²) >= 11 is 0. The minimum absolute atomic E-state index is 0.335. The SMILES string of the molecule is CC(=O)CC1CCCCCN1CCN(C)C. The smallest absolute Gasteiger partial charge is 0.131 e. The van der Waals surface area contributed by atoms with Crippen molar-refractivity contribution in [3.05, 3.63) is 0 Å². The second-order valence-electron chi connectivity index (χ2n) is 5.25. The van der Waals surface area contributed by atoms with Gasteiger partial charge in [-0.25, -0.2) is 0 Å². The molecule has 1 rings (SSSR count). The van der Waals surface area contributed by atoms with Crippen LogP contribution in [-0.2, 0) is 4.79 Å². The molecule has 0 radical (unpaired) electrons. The molecule has 0 saturated carbocycles. The van der Waals surface area contributed by atoms with Crippen molar-refractivity contribution in [2.24, 2.45) is 0 Å². The minimum Gasteiger partial charge on any atom is -0.308 e. The van der Waals surface area contributed by atoms with E-state index in [9.17, 15) is 4.79 Å². The Morgan fingerprint density at radius 3 is 2.69 bits per heavy atom. The van der Waals surface area contributed by atoms with Gasteiger partial charge in [-0.15, -0.1) is 0 Å². The van der Waals surface area contributed by atoms with Gasteiger partial charge in [0.1, 0.15) is 5.78 Å². The van der Waals surface area contributed by atoms with Crippen LogP contribution in [0.1, 0.15) is 39.0 Å². The van der Waals surface area contributed by atoms with E-state index in [4.69, 9.17) is 0 Å². The first-order valence-corrected chi connectivity index (χ1v) is 6.48. The van der Waals surface area contributed by atoms with Gasteiger partial charge in [-0.2, -0.15) is 0 Å². The van der Waals surface area contributed by atoms with Crippen LogP contribution in [0.5, 0.6) is 0 Å². The van der Waals surface area contributed by atoms with Crippen molar-refractivity contribution >= 4 is 5.78 Å². The maximum atomic E-state index is 11.3. The van der Waals surface area contributed by atoms with Gasteiger partial charge in [0.25, 0.3) is 0 Å². The van der Waals surface area contributed by atoms with Crippen molar-refractivity contribution in [1.29, 1.82) is 0 Å². The molecule has 1 unspecified atom stereocenters. The normalized spacial score (nSPS) is 23.4. The van der Waals surface area contributed by atoms with Gasteiger partial charge in [0, 0.05) is 25.6 Å². The monoisotopic (exact) mass is 226 g/mol. The molecule has 3 nitrogen and oxygen atoms in total. The molecule has 0 N–H and O–H groups in total. The molecule has 3 heteroatoms. The van der Waals surface area contributed by atoms with Gasteiger partial charge in [0.2, 0.25) is 0 Å². The van der Waals surface area contributed by atoms with Gasteiger partial charge in [0.15, 0.2) is 0 Å². The lowest BCUT2D eigenvalue weighted by Crippen LogP contribution is -2.40. The van der Waals surface area contributed by atoms with Crippen LogP contribution in [0.15, 0.2) is 0 Å². The average Bonchev–Trinajstić information content (AvgIpc) is 2.39. The van der Waals surface area contributed by atoms with Crippen LogP contribution in [0, 0.1) is 0 Å². The lowest BCUT2D eigenvalue weighted by molar-refractivity contribution is -0.118. The zero-order valence-corrected chi connectivity index (χ0v) is 11.0. The molecule has 1 atom stereocenters. The lowest BCUT2D eigenvalue weighted by Gasteiger charge is -2.30. The number of carbonyl (C=O) groups excluding carboxylic acids is 1. The highest BCUT2D eigenvalue weighted by Gasteiger charge is 2.21. The fourth-order valence-electron chi connectivity index (χ4n) is 2.42. The molecule has 0 bridgehead atoms. The zero-order chi connectivity index (χ0) is 12.0. The molecule has 1 heterocycles. The Labute approximate surface area is 99.8 Å². The highest BCUT2D eigenvalue weighted by Crippen LogP contribution is 2.19. The highest BCUT2D eigenvalue weighted by molar-refractivity contribution is 5.76. The summed E-state index contributed by atoms with van der Waals surface area (Å²) in [6, 6.07) is 0.500. The molecule has 0 aromatic carbocycles. The van der Waals surface area contributed by atoms with E-state index in [2.05, 4.69) is 23.9 Å². The molecule has 0 aromatic rings. The number of Topliss-reactive ketones (excluding diaryl/α,β-unsaturated/α-hetero) is 1. The van der Waals surface area contributed by atoms with Crippen molar-refractivity contribution in [1.82, 2.24) is 9.80 Å². The number of likely N-dealkylation sites (tertiary alicyclic amines) is 1. The summed E-state index contributed by atoms with van der Waals surface area (Å²) < 4.78 is 0. The van der Waals surface area contributed by atoms with E-state index in [1.54, 1.807) is 6.92 Å². The number of hydrogen-bond donors (Lipinski definition) is 0. The van der Waals surface area contributed by atoms with Crippen molar-refractivity contribution in [3.63, 3.8) is 0 Å². The Morgan fingerprint density at radius 1 is 1.31 bits per heavy atom. The Balaban J connectivity index is 2.47. The first-order valence-electron chi connectivity index (χ1n) is 6.48. The van der Waals surface area contributed by atoms with Gasteiger partial charge >= 0.3 is 0 Å². The second kappa shape index (κ2) is 7.02. The maximum absolute atomic E-state index is 11.3. The van der Waals surface area contributed by atoms with E-state index >= 15 is 0 Å². The largest absolute Gasteiger partial charge is 0.308 e. The van der Waals surface area contributed by atoms with Gasteiger partial charge < -0.3 is 4.90 Å². The summed E-state index contributed by atoms with van der Waals surface area (Å²) in [4.78, 5) is 16.0. The van der Waals surface area contributed by atoms with Gasteiger partial charge in [-0.1, -0.05) is 12.8 Å². The van der Waals surface area contributed by atoms with Crippen LogP contribution in [0.3, 0.4) is 0 Å². The molecule has 0 aliphatic carbocycles. The standard InChI is InChI=1S/C13H26N2O/c1-12(16)11-13-7-5-4-6-8-15(13)10-9-14(2)3/h13H,4-11H2,1-3H3. The summed E-state index contributed by atoms with van der Waals surface area (Å²) in [6.45, 7) is 5.08. The molecule has 16 heavy (non-hydrogen) atoms. The number of hydrogen-bond acceptors (Lipinski definition) is 3. The van der Waals surface area contributed by atoms with Crippen molar-refractivity contribution < 1.29 is 4.79 Å². The third-order valence-corrected chi connectivity index (χ3v) is 3.36. The topological polar surface area (TPSA) is 23.6 Å². The van der Waals surface area contributed by atoms with Crippen LogP contribution in [0.2, 0.25) is 0 Å². The molecule has 1 saturated heterocycles. The van der Waals surface area contributed by atoms with Crippen molar-refractivity contribution in [2.45, 2.75) is 45.1 Å². The molecule has 0 spiro atoms. The molecule has 1 aliphatic heterocycles. The van der Waals surface area contributed by atoms with Crippen LogP contribution >= 0.6 is 0 Å². The summed E-state index contributed by atoms with van der Waals surface area (Å²) in [5.74, 6) is 0.335. The van der Waals surface area contributed by atoms with E-state index in [0.717, 1.165) is 19.5 Å². The first-order chi connectivity index (χ1) is 7.59. The van der Waals surface area contributed by atoms with Gasteiger partial charge in [0.05, 0.1) is 0 Å². The van der Waals surface area contributed by atoms with E-state index < -0.39 is 0 Å². The fraction of sp³-hybridized carbons (Fsp3) is 0.923. The number of ketones is 1. The highest BCUT2D eigenvalue weighted by atomic mass is 16.1. The molecular weight excluding hydrogens is 200 g/mol.